The molecule has 1 N–H and O–H groups in total. The van der Waals surface area contributed by atoms with Gasteiger partial charge in [-0.05, 0) is 26.8 Å². The molecule has 0 saturated heterocycles. The molecule has 1 unspecified atom stereocenters. The predicted octanol–water partition coefficient (Wildman–Crippen LogP) is 1.62. The fourth-order valence-electron chi connectivity index (χ4n) is 1.90. The molecule has 0 aromatic carbocycles. The summed E-state index contributed by atoms with van der Waals surface area (Å²) in [5, 5.41) is 7.83. The fraction of sp³-hybridized carbons (Fsp3) is 0.462. The maximum atomic E-state index is 12.0. The third kappa shape index (κ3) is 2.67. The second-order valence-electron chi connectivity index (χ2n) is 4.48. The first-order valence-electron chi connectivity index (χ1n) is 6.35. The lowest BCUT2D eigenvalue weighted by Gasteiger charge is -2.11. The number of aromatic nitrogens is 2. The molecule has 0 radical (unpaired) electrons. The van der Waals surface area contributed by atoms with E-state index in [0.717, 1.165) is 15.9 Å². The zero-order valence-electron chi connectivity index (χ0n) is 11.9. The summed E-state index contributed by atoms with van der Waals surface area (Å²) in [7, 11) is 1.83. The van der Waals surface area contributed by atoms with E-state index in [2.05, 4.69) is 10.4 Å². The van der Waals surface area contributed by atoms with E-state index < -0.39 is 12.1 Å². The number of aryl methyl sites for hydroxylation is 2. The number of rotatable bonds is 4. The minimum absolute atomic E-state index is 0.292. The van der Waals surface area contributed by atoms with Crippen LogP contribution in [-0.2, 0) is 16.6 Å². The Bertz CT molecular complexity index is 625. The molecule has 0 saturated carbocycles. The van der Waals surface area contributed by atoms with Gasteiger partial charge in [0.05, 0.1) is 5.69 Å². The van der Waals surface area contributed by atoms with Crippen LogP contribution in [0.2, 0.25) is 0 Å². The first-order chi connectivity index (χ1) is 9.43. The molecule has 2 aromatic rings. The fourth-order valence-corrected chi connectivity index (χ4v) is 2.90. The zero-order valence-corrected chi connectivity index (χ0v) is 12.7. The number of carbonyl (C=O) groups excluding carboxylic acids is 2. The lowest BCUT2D eigenvalue weighted by molar-refractivity contribution is -0.128. The van der Waals surface area contributed by atoms with Crippen molar-refractivity contribution < 1.29 is 14.3 Å². The van der Waals surface area contributed by atoms with Gasteiger partial charge >= 0.3 is 5.97 Å². The molecule has 0 spiro atoms. The highest BCUT2D eigenvalue weighted by Gasteiger charge is 2.21. The van der Waals surface area contributed by atoms with Crippen molar-refractivity contribution in [2.75, 3.05) is 6.54 Å². The molecule has 1 atom stereocenters. The highest BCUT2D eigenvalue weighted by atomic mass is 32.1. The van der Waals surface area contributed by atoms with E-state index in [9.17, 15) is 9.59 Å². The van der Waals surface area contributed by atoms with Gasteiger partial charge in [-0.2, -0.15) is 5.10 Å². The maximum absolute atomic E-state index is 12.0. The molecule has 7 heteroatoms. The zero-order chi connectivity index (χ0) is 14.9. The summed E-state index contributed by atoms with van der Waals surface area (Å²) in [6.45, 7) is 5.77. The quantitative estimate of drug-likeness (QED) is 0.870. The SMILES string of the molecule is CCNC(=O)C(C)OC(=O)c1cc2c(C)nn(C)c2s1. The molecule has 0 fully saturated rings. The van der Waals surface area contributed by atoms with Crippen LogP contribution in [0.1, 0.15) is 29.2 Å². The Morgan fingerprint density at radius 2 is 2.25 bits per heavy atom. The van der Waals surface area contributed by atoms with E-state index >= 15 is 0 Å². The van der Waals surface area contributed by atoms with Crippen molar-refractivity contribution in [1.82, 2.24) is 15.1 Å². The van der Waals surface area contributed by atoms with Gasteiger partial charge in [-0.15, -0.1) is 11.3 Å². The van der Waals surface area contributed by atoms with Crippen molar-refractivity contribution in [3.05, 3.63) is 16.6 Å². The number of nitrogens with one attached hydrogen (secondary N) is 1. The first kappa shape index (κ1) is 14.5. The van der Waals surface area contributed by atoms with E-state index in [1.54, 1.807) is 17.7 Å². The minimum Gasteiger partial charge on any atom is -0.448 e. The molecule has 0 aliphatic heterocycles. The number of amides is 1. The summed E-state index contributed by atoms with van der Waals surface area (Å²) < 4.78 is 6.89. The summed E-state index contributed by atoms with van der Waals surface area (Å²) in [6, 6.07) is 1.76. The number of nitrogens with zero attached hydrogens (tertiary/aromatic N) is 2. The van der Waals surface area contributed by atoms with E-state index in [1.807, 2.05) is 20.9 Å². The van der Waals surface area contributed by atoms with Crippen LogP contribution in [-0.4, -0.2) is 34.3 Å². The summed E-state index contributed by atoms with van der Waals surface area (Å²) >= 11 is 1.31. The smallest absolute Gasteiger partial charge is 0.349 e. The topological polar surface area (TPSA) is 73.2 Å². The standard InChI is InChI=1S/C13H17N3O3S/c1-5-14-11(17)8(3)19-13(18)10-6-9-7(2)15-16(4)12(9)20-10/h6,8H,5H2,1-4H3,(H,14,17). The Balaban J connectivity index is 2.15. The molecule has 108 valence electrons. The number of likely N-dealkylation sites (N-methyl/N-ethyl adjacent to an activating group) is 1. The summed E-state index contributed by atoms with van der Waals surface area (Å²) in [5.74, 6) is -0.774. The molecule has 1 amide bonds. The second-order valence-corrected chi connectivity index (χ2v) is 5.51. The van der Waals surface area contributed by atoms with Gasteiger partial charge in [-0.3, -0.25) is 9.48 Å². The molecular weight excluding hydrogens is 278 g/mol. The summed E-state index contributed by atoms with van der Waals surface area (Å²) in [4.78, 5) is 25.0. The molecule has 0 bridgehead atoms. The molecule has 20 heavy (non-hydrogen) atoms. The van der Waals surface area contributed by atoms with Crippen LogP contribution in [0, 0.1) is 6.92 Å². The Kier molecular flexibility index (Phi) is 4.08. The van der Waals surface area contributed by atoms with E-state index in [4.69, 9.17) is 4.74 Å². The highest BCUT2D eigenvalue weighted by molar-refractivity contribution is 7.20. The van der Waals surface area contributed by atoms with Gasteiger partial charge in [0.15, 0.2) is 6.10 Å². The van der Waals surface area contributed by atoms with E-state index in [0.29, 0.717) is 11.4 Å². The number of thiophene rings is 1. The Labute approximate surface area is 120 Å². The van der Waals surface area contributed by atoms with Crippen molar-refractivity contribution >= 4 is 33.4 Å². The molecule has 0 aliphatic rings. The third-order valence-electron chi connectivity index (χ3n) is 2.90. The van der Waals surface area contributed by atoms with Gasteiger partial charge in [-0.1, -0.05) is 0 Å². The summed E-state index contributed by atoms with van der Waals surface area (Å²) in [5.41, 5.74) is 0.870. The van der Waals surface area contributed by atoms with Crippen molar-refractivity contribution in [3.8, 4) is 0 Å². The van der Waals surface area contributed by atoms with Gasteiger partial charge in [0.2, 0.25) is 0 Å². The molecule has 2 heterocycles. The molecule has 2 rings (SSSR count). The van der Waals surface area contributed by atoms with Gasteiger partial charge < -0.3 is 10.1 Å². The van der Waals surface area contributed by atoms with Crippen LogP contribution >= 0.6 is 11.3 Å². The predicted molar refractivity (Wildman–Crippen MR) is 76.9 cm³/mol. The molecule has 0 aliphatic carbocycles. The van der Waals surface area contributed by atoms with Crippen molar-refractivity contribution in [2.24, 2.45) is 7.05 Å². The van der Waals surface area contributed by atoms with E-state index in [1.165, 1.54) is 11.3 Å². The Morgan fingerprint density at radius 1 is 1.55 bits per heavy atom. The van der Waals surface area contributed by atoms with Crippen LogP contribution < -0.4 is 5.32 Å². The molecule has 6 nitrogen and oxygen atoms in total. The molecule has 2 aromatic heterocycles. The number of fused-ring (bicyclic) bond motifs is 1. The lowest BCUT2D eigenvalue weighted by Crippen LogP contribution is -2.35. The monoisotopic (exact) mass is 295 g/mol. The third-order valence-corrected chi connectivity index (χ3v) is 4.08. The number of ether oxygens (including phenoxy) is 1. The van der Waals surface area contributed by atoms with Crippen molar-refractivity contribution in [3.63, 3.8) is 0 Å². The van der Waals surface area contributed by atoms with Gasteiger partial charge in [0.25, 0.3) is 5.91 Å². The number of hydrogen-bond donors (Lipinski definition) is 1. The average Bonchev–Trinajstić information content (AvgIpc) is 2.92. The Hall–Kier alpha value is -1.89. The average molecular weight is 295 g/mol. The normalized spacial score (nSPS) is 12.4. The van der Waals surface area contributed by atoms with Crippen molar-refractivity contribution in [1.29, 1.82) is 0 Å². The van der Waals surface area contributed by atoms with Gasteiger partial charge in [0.1, 0.15) is 9.71 Å². The van der Waals surface area contributed by atoms with Crippen LogP contribution in [0.4, 0.5) is 0 Å². The van der Waals surface area contributed by atoms with Gasteiger partial charge in [-0.25, -0.2) is 4.79 Å². The number of carbonyl (C=O) groups is 2. The molecular formula is C13H17N3O3S. The lowest BCUT2D eigenvalue weighted by atomic mass is 10.3. The number of hydrogen-bond acceptors (Lipinski definition) is 5. The van der Waals surface area contributed by atoms with Crippen LogP contribution in [0.5, 0.6) is 0 Å². The second kappa shape index (κ2) is 5.62. The summed E-state index contributed by atoms with van der Waals surface area (Å²) in [6.07, 6.45) is -0.799. The first-order valence-corrected chi connectivity index (χ1v) is 7.17. The van der Waals surface area contributed by atoms with Crippen molar-refractivity contribution in [2.45, 2.75) is 26.9 Å². The highest BCUT2D eigenvalue weighted by Crippen LogP contribution is 2.28. The van der Waals surface area contributed by atoms with E-state index in [-0.39, 0.29) is 5.91 Å². The van der Waals surface area contributed by atoms with Crippen LogP contribution in [0.3, 0.4) is 0 Å². The number of esters is 1. The Morgan fingerprint density at radius 3 is 2.85 bits per heavy atom. The maximum Gasteiger partial charge on any atom is 0.349 e. The largest absolute Gasteiger partial charge is 0.448 e. The van der Waals surface area contributed by atoms with Gasteiger partial charge in [0, 0.05) is 19.0 Å². The van der Waals surface area contributed by atoms with Crippen LogP contribution in [0.25, 0.3) is 10.2 Å². The minimum atomic E-state index is -0.799. The van der Waals surface area contributed by atoms with Crippen LogP contribution in [0.15, 0.2) is 6.07 Å².